The molecule has 0 atom stereocenters. The number of likely N-dealkylation sites (N-methyl/N-ethyl adjacent to an activating group) is 1. The fourth-order valence-corrected chi connectivity index (χ4v) is 2.80. The van der Waals surface area contributed by atoms with E-state index >= 15 is 0 Å². The molecule has 0 spiro atoms. The summed E-state index contributed by atoms with van der Waals surface area (Å²) < 4.78 is 5.26. The number of hydrogen-bond acceptors (Lipinski definition) is 5. The van der Waals surface area contributed by atoms with Crippen LogP contribution in [0.4, 0.5) is 0 Å². The van der Waals surface area contributed by atoms with Crippen molar-refractivity contribution in [1.29, 1.82) is 0 Å². The van der Waals surface area contributed by atoms with Crippen LogP contribution in [0.5, 0.6) is 0 Å². The van der Waals surface area contributed by atoms with Crippen LogP contribution in [0.1, 0.15) is 18.7 Å². The van der Waals surface area contributed by atoms with Crippen molar-refractivity contribution in [3.63, 3.8) is 0 Å². The highest BCUT2D eigenvalue weighted by atomic mass is 35.5. The number of benzene rings is 1. The van der Waals surface area contributed by atoms with Crippen LogP contribution in [0.3, 0.4) is 0 Å². The summed E-state index contributed by atoms with van der Waals surface area (Å²) in [5, 5.41) is 4.65. The number of carbonyl (C=O) groups excluding carboxylic acids is 1. The highest BCUT2D eigenvalue weighted by Crippen LogP contribution is 2.19. The minimum absolute atomic E-state index is 0. The van der Waals surface area contributed by atoms with Crippen molar-refractivity contribution in [3.05, 3.63) is 35.2 Å². The summed E-state index contributed by atoms with van der Waals surface area (Å²) in [6.45, 7) is 3.52. The van der Waals surface area contributed by atoms with Crippen molar-refractivity contribution in [2.75, 3.05) is 33.2 Å². The predicted octanol–water partition coefficient (Wildman–Crippen LogP) is 2.91. The van der Waals surface area contributed by atoms with Gasteiger partial charge < -0.3 is 14.3 Å². The third-order valence-electron chi connectivity index (χ3n) is 4.21. The highest BCUT2D eigenvalue weighted by Gasteiger charge is 2.18. The van der Waals surface area contributed by atoms with E-state index in [2.05, 4.69) is 22.1 Å². The number of nitrogens with zero attached hydrogens (tertiary/aromatic N) is 4. The van der Waals surface area contributed by atoms with E-state index in [4.69, 9.17) is 16.1 Å². The number of piperazine rings is 1. The van der Waals surface area contributed by atoms with Gasteiger partial charge in [-0.15, -0.1) is 12.4 Å². The molecule has 0 bridgehead atoms. The van der Waals surface area contributed by atoms with Gasteiger partial charge in [-0.3, -0.25) is 4.79 Å². The molecule has 1 aliphatic heterocycles. The Kier molecular flexibility index (Phi) is 7.23. The summed E-state index contributed by atoms with van der Waals surface area (Å²) in [5.41, 5.74) is 0.864. The van der Waals surface area contributed by atoms with Gasteiger partial charge in [0.15, 0.2) is 0 Å². The molecule has 1 amide bonds. The van der Waals surface area contributed by atoms with Gasteiger partial charge in [-0.1, -0.05) is 16.8 Å². The molecule has 0 N–H and O–H groups in total. The van der Waals surface area contributed by atoms with Gasteiger partial charge in [-0.05, 0) is 37.7 Å². The summed E-state index contributed by atoms with van der Waals surface area (Å²) in [6, 6.07) is 7.30. The summed E-state index contributed by atoms with van der Waals surface area (Å²) in [5.74, 6) is 1.32. The van der Waals surface area contributed by atoms with Crippen LogP contribution < -0.4 is 0 Å². The fraction of sp³-hybridized carbons (Fsp3) is 0.471. The van der Waals surface area contributed by atoms with Crippen LogP contribution in [0.25, 0.3) is 11.4 Å². The summed E-state index contributed by atoms with van der Waals surface area (Å²) in [7, 11) is 2.08. The van der Waals surface area contributed by atoms with Crippen LogP contribution in [-0.2, 0) is 11.2 Å². The minimum Gasteiger partial charge on any atom is -0.340 e. The first-order valence-electron chi connectivity index (χ1n) is 8.16. The number of halogens is 2. The van der Waals surface area contributed by atoms with Gasteiger partial charge in [0.1, 0.15) is 0 Å². The number of rotatable bonds is 5. The molecular weight excluding hydrogens is 363 g/mol. The van der Waals surface area contributed by atoms with E-state index in [1.165, 1.54) is 0 Å². The number of carbonyl (C=O) groups is 1. The van der Waals surface area contributed by atoms with Crippen molar-refractivity contribution in [2.45, 2.75) is 19.3 Å². The first-order valence-corrected chi connectivity index (χ1v) is 8.54. The van der Waals surface area contributed by atoms with Gasteiger partial charge in [0, 0.05) is 49.6 Å². The van der Waals surface area contributed by atoms with Crippen LogP contribution in [0.2, 0.25) is 5.02 Å². The molecule has 0 saturated carbocycles. The largest absolute Gasteiger partial charge is 0.340 e. The Hall–Kier alpha value is -1.63. The molecule has 1 aromatic carbocycles. The smallest absolute Gasteiger partial charge is 0.226 e. The molecule has 3 rings (SSSR count). The second-order valence-corrected chi connectivity index (χ2v) is 6.49. The molecule has 0 radical (unpaired) electrons. The lowest BCUT2D eigenvalue weighted by atomic mass is 10.2. The predicted molar refractivity (Wildman–Crippen MR) is 99.0 cm³/mol. The SMILES string of the molecule is CN1CCN(C(=O)CCCc2nc(-c3ccc(Cl)cc3)no2)CC1.Cl. The standard InChI is InChI=1S/C17H21ClN4O2.ClH/c1-21-9-11-22(12-10-21)16(23)4-2-3-15-19-17(20-24-15)13-5-7-14(18)8-6-13;/h5-8H,2-4,9-12H2,1H3;1H. The molecule has 0 aliphatic carbocycles. The zero-order chi connectivity index (χ0) is 16.9. The molecule has 6 nitrogen and oxygen atoms in total. The first kappa shape index (κ1) is 19.7. The molecule has 1 fully saturated rings. The third-order valence-corrected chi connectivity index (χ3v) is 4.46. The summed E-state index contributed by atoms with van der Waals surface area (Å²) in [6.07, 6.45) is 1.84. The van der Waals surface area contributed by atoms with Gasteiger partial charge in [0.05, 0.1) is 0 Å². The highest BCUT2D eigenvalue weighted by molar-refractivity contribution is 6.30. The maximum absolute atomic E-state index is 12.2. The van der Waals surface area contributed by atoms with Gasteiger partial charge in [0.25, 0.3) is 0 Å². The molecule has 0 unspecified atom stereocenters. The molecule has 2 heterocycles. The van der Waals surface area contributed by atoms with Crippen LogP contribution in [0, 0.1) is 0 Å². The lowest BCUT2D eigenvalue weighted by Crippen LogP contribution is -2.47. The Morgan fingerprint density at radius 2 is 1.88 bits per heavy atom. The summed E-state index contributed by atoms with van der Waals surface area (Å²) >= 11 is 5.87. The zero-order valence-electron chi connectivity index (χ0n) is 14.2. The van der Waals surface area contributed by atoms with Gasteiger partial charge in [-0.2, -0.15) is 4.98 Å². The normalized spacial score (nSPS) is 15.0. The summed E-state index contributed by atoms with van der Waals surface area (Å²) in [4.78, 5) is 20.7. The van der Waals surface area contributed by atoms with Crippen LogP contribution in [0.15, 0.2) is 28.8 Å². The molecular formula is C17H22Cl2N4O2. The first-order chi connectivity index (χ1) is 11.6. The van der Waals surface area contributed by atoms with E-state index in [9.17, 15) is 4.79 Å². The average molecular weight is 385 g/mol. The Bertz CT molecular complexity index is 682. The van der Waals surface area contributed by atoms with Crippen LogP contribution in [-0.4, -0.2) is 59.1 Å². The Balaban J connectivity index is 0.00000225. The Morgan fingerprint density at radius 3 is 2.56 bits per heavy atom. The van der Waals surface area contributed by atoms with E-state index in [1.54, 1.807) is 12.1 Å². The topological polar surface area (TPSA) is 62.5 Å². The molecule has 2 aromatic rings. The molecule has 1 aromatic heterocycles. The number of amides is 1. The molecule has 1 saturated heterocycles. The van der Waals surface area contributed by atoms with E-state index in [0.717, 1.165) is 31.7 Å². The minimum atomic E-state index is 0. The maximum Gasteiger partial charge on any atom is 0.226 e. The Labute approximate surface area is 158 Å². The molecule has 1 aliphatic rings. The van der Waals surface area contributed by atoms with Crippen LogP contribution >= 0.6 is 24.0 Å². The fourth-order valence-electron chi connectivity index (χ4n) is 2.68. The molecule has 25 heavy (non-hydrogen) atoms. The number of aryl methyl sites for hydroxylation is 1. The van der Waals surface area contributed by atoms with E-state index < -0.39 is 0 Å². The van der Waals surface area contributed by atoms with Crippen molar-refractivity contribution in [3.8, 4) is 11.4 Å². The average Bonchev–Trinajstić information content (AvgIpc) is 3.05. The lowest BCUT2D eigenvalue weighted by molar-refractivity contribution is -0.132. The lowest BCUT2D eigenvalue weighted by Gasteiger charge is -2.32. The van der Waals surface area contributed by atoms with Gasteiger partial charge >= 0.3 is 0 Å². The molecule has 8 heteroatoms. The maximum atomic E-state index is 12.2. The third kappa shape index (κ3) is 5.42. The van der Waals surface area contributed by atoms with E-state index in [-0.39, 0.29) is 18.3 Å². The van der Waals surface area contributed by atoms with Crippen molar-refractivity contribution < 1.29 is 9.32 Å². The Morgan fingerprint density at radius 1 is 1.20 bits per heavy atom. The van der Waals surface area contributed by atoms with Crippen molar-refractivity contribution >= 4 is 29.9 Å². The monoisotopic (exact) mass is 384 g/mol. The van der Waals surface area contributed by atoms with Gasteiger partial charge in [0.2, 0.25) is 17.6 Å². The molecule has 136 valence electrons. The zero-order valence-corrected chi connectivity index (χ0v) is 15.7. The van der Waals surface area contributed by atoms with E-state index in [0.29, 0.717) is 36.0 Å². The number of aromatic nitrogens is 2. The van der Waals surface area contributed by atoms with E-state index in [1.807, 2.05) is 17.0 Å². The number of hydrogen-bond donors (Lipinski definition) is 0. The van der Waals surface area contributed by atoms with Crippen molar-refractivity contribution in [1.82, 2.24) is 19.9 Å². The van der Waals surface area contributed by atoms with Gasteiger partial charge in [-0.25, -0.2) is 0 Å². The second kappa shape index (κ2) is 9.17. The van der Waals surface area contributed by atoms with Crippen molar-refractivity contribution in [2.24, 2.45) is 0 Å². The quantitative estimate of drug-likeness (QED) is 0.792. The second-order valence-electron chi connectivity index (χ2n) is 6.06.